The monoisotopic (exact) mass is 255 g/mol. The van der Waals surface area contributed by atoms with Crippen LogP contribution in [-0.2, 0) is 11.2 Å². The zero-order valence-electron chi connectivity index (χ0n) is 8.38. The van der Waals surface area contributed by atoms with Crippen molar-refractivity contribution in [2.24, 2.45) is 5.73 Å². The summed E-state index contributed by atoms with van der Waals surface area (Å²) >= 11 is 3.36. The molecule has 2 N–H and O–H groups in total. The summed E-state index contributed by atoms with van der Waals surface area (Å²) in [6.45, 7) is 3.29. The summed E-state index contributed by atoms with van der Waals surface area (Å²) in [6, 6.07) is 7.84. The highest BCUT2D eigenvalue weighted by Gasteiger charge is 2.24. The quantitative estimate of drug-likeness (QED) is 0.901. The first-order chi connectivity index (χ1) is 6.42. The average Bonchev–Trinajstić information content (AvgIpc) is 2.08. The van der Waals surface area contributed by atoms with E-state index in [4.69, 9.17) is 5.73 Å². The first-order valence-corrected chi connectivity index (χ1v) is 5.25. The van der Waals surface area contributed by atoms with Gasteiger partial charge in [-0.2, -0.15) is 0 Å². The highest BCUT2D eigenvalue weighted by Crippen LogP contribution is 2.15. The van der Waals surface area contributed by atoms with Crippen LogP contribution in [0.4, 0.5) is 0 Å². The number of Topliss-reactive ketones (excluding diaryl/α,β-unsaturated/α-hetero) is 1. The van der Waals surface area contributed by atoms with Gasteiger partial charge in [-0.15, -0.1) is 0 Å². The van der Waals surface area contributed by atoms with Crippen LogP contribution in [-0.4, -0.2) is 11.3 Å². The summed E-state index contributed by atoms with van der Waals surface area (Å²) < 4.78 is 1.03. The van der Waals surface area contributed by atoms with E-state index >= 15 is 0 Å². The molecule has 14 heavy (non-hydrogen) atoms. The molecular weight excluding hydrogens is 242 g/mol. The number of benzene rings is 1. The first kappa shape index (κ1) is 11.4. The Morgan fingerprint density at radius 1 is 1.43 bits per heavy atom. The van der Waals surface area contributed by atoms with Gasteiger partial charge in [0.2, 0.25) is 0 Å². The Morgan fingerprint density at radius 3 is 2.36 bits per heavy atom. The van der Waals surface area contributed by atoms with Crippen molar-refractivity contribution in [1.29, 1.82) is 0 Å². The molecule has 0 amide bonds. The maximum absolute atomic E-state index is 11.2. The van der Waals surface area contributed by atoms with Gasteiger partial charge in [-0.05, 0) is 38.0 Å². The van der Waals surface area contributed by atoms with E-state index in [2.05, 4.69) is 15.9 Å². The molecule has 0 heterocycles. The predicted molar refractivity (Wildman–Crippen MR) is 61.1 cm³/mol. The number of rotatable bonds is 3. The summed E-state index contributed by atoms with van der Waals surface area (Å²) in [5.74, 6) is 0.0143. The fourth-order valence-electron chi connectivity index (χ4n) is 1.15. The average molecular weight is 256 g/mol. The Morgan fingerprint density at radius 2 is 1.93 bits per heavy atom. The highest BCUT2D eigenvalue weighted by molar-refractivity contribution is 9.10. The maximum atomic E-state index is 11.2. The van der Waals surface area contributed by atoms with Crippen LogP contribution in [0.1, 0.15) is 19.4 Å². The highest BCUT2D eigenvalue weighted by atomic mass is 79.9. The predicted octanol–water partition coefficient (Wildman–Crippen LogP) is 2.30. The second-order valence-corrected chi connectivity index (χ2v) is 4.69. The second kappa shape index (κ2) is 4.24. The summed E-state index contributed by atoms with van der Waals surface area (Å²) in [6.07, 6.45) is 0.579. The van der Waals surface area contributed by atoms with Crippen LogP contribution in [0, 0.1) is 0 Å². The lowest BCUT2D eigenvalue weighted by Gasteiger charge is -2.20. The molecule has 1 rings (SSSR count). The minimum absolute atomic E-state index is 0.0143. The van der Waals surface area contributed by atoms with Gasteiger partial charge < -0.3 is 5.73 Å². The van der Waals surface area contributed by atoms with Crippen LogP contribution < -0.4 is 5.73 Å². The molecule has 1 aromatic rings. The van der Waals surface area contributed by atoms with Crippen molar-refractivity contribution in [2.75, 3.05) is 0 Å². The van der Waals surface area contributed by atoms with Gasteiger partial charge >= 0.3 is 0 Å². The third-order valence-corrected chi connectivity index (χ3v) is 2.82. The van der Waals surface area contributed by atoms with E-state index in [0.717, 1.165) is 10.0 Å². The van der Waals surface area contributed by atoms with Crippen molar-refractivity contribution in [3.8, 4) is 0 Å². The van der Waals surface area contributed by atoms with Crippen LogP contribution in [0.5, 0.6) is 0 Å². The molecule has 0 saturated carbocycles. The maximum Gasteiger partial charge on any atom is 0.149 e. The van der Waals surface area contributed by atoms with Crippen molar-refractivity contribution in [1.82, 2.24) is 0 Å². The smallest absolute Gasteiger partial charge is 0.149 e. The number of carbonyl (C=O) groups excluding carboxylic acids is 1. The number of ketones is 1. The van der Waals surface area contributed by atoms with Crippen LogP contribution in [0.2, 0.25) is 0 Å². The molecule has 1 aromatic carbocycles. The van der Waals surface area contributed by atoms with Gasteiger partial charge in [-0.3, -0.25) is 4.79 Å². The van der Waals surface area contributed by atoms with Crippen LogP contribution in [0.25, 0.3) is 0 Å². The summed E-state index contributed by atoms with van der Waals surface area (Å²) in [5, 5.41) is 0. The Labute approximate surface area is 92.6 Å². The SMILES string of the molecule is CC(=O)[C@](C)(N)Cc1ccc(Br)cc1. The molecule has 0 radical (unpaired) electrons. The number of hydrogen-bond acceptors (Lipinski definition) is 2. The second-order valence-electron chi connectivity index (χ2n) is 3.78. The van der Waals surface area contributed by atoms with Crippen LogP contribution >= 0.6 is 15.9 Å². The van der Waals surface area contributed by atoms with Crippen molar-refractivity contribution in [3.63, 3.8) is 0 Å². The van der Waals surface area contributed by atoms with E-state index < -0.39 is 5.54 Å². The molecule has 0 unspecified atom stereocenters. The van der Waals surface area contributed by atoms with E-state index in [1.54, 1.807) is 6.92 Å². The molecule has 1 atom stereocenters. The zero-order chi connectivity index (χ0) is 10.8. The first-order valence-electron chi connectivity index (χ1n) is 4.46. The number of halogens is 1. The fraction of sp³-hybridized carbons (Fsp3) is 0.364. The molecule has 0 fully saturated rings. The molecule has 0 aliphatic rings. The number of hydrogen-bond donors (Lipinski definition) is 1. The normalized spacial score (nSPS) is 14.9. The summed E-state index contributed by atoms with van der Waals surface area (Å²) in [7, 11) is 0. The van der Waals surface area contributed by atoms with Gasteiger partial charge in [0.05, 0.1) is 5.54 Å². The van der Waals surface area contributed by atoms with E-state index in [0.29, 0.717) is 6.42 Å². The lowest BCUT2D eigenvalue weighted by atomic mass is 9.90. The molecule has 2 nitrogen and oxygen atoms in total. The molecule has 0 saturated heterocycles. The minimum Gasteiger partial charge on any atom is -0.319 e. The molecular formula is C11H14BrNO. The summed E-state index contributed by atoms with van der Waals surface area (Å²) in [4.78, 5) is 11.2. The van der Waals surface area contributed by atoms with Gasteiger partial charge in [0.15, 0.2) is 0 Å². The Kier molecular flexibility index (Phi) is 3.45. The zero-order valence-corrected chi connectivity index (χ0v) is 9.97. The standard InChI is InChI=1S/C11H14BrNO/c1-8(14)11(2,13)7-9-3-5-10(12)6-4-9/h3-6H,7,13H2,1-2H3/t11-/m1/s1. The molecule has 0 aromatic heterocycles. The van der Waals surface area contributed by atoms with E-state index in [1.807, 2.05) is 24.3 Å². The van der Waals surface area contributed by atoms with Crippen molar-refractivity contribution >= 4 is 21.7 Å². The van der Waals surface area contributed by atoms with Crippen LogP contribution in [0.3, 0.4) is 0 Å². The van der Waals surface area contributed by atoms with Crippen molar-refractivity contribution in [3.05, 3.63) is 34.3 Å². The lowest BCUT2D eigenvalue weighted by Crippen LogP contribution is -2.45. The summed E-state index contributed by atoms with van der Waals surface area (Å²) in [5.41, 5.74) is 6.19. The molecule has 3 heteroatoms. The van der Waals surface area contributed by atoms with Gasteiger partial charge in [0.25, 0.3) is 0 Å². The largest absolute Gasteiger partial charge is 0.319 e. The van der Waals surface area contributed by atoms with Gasteiger partial charge in [-0.25, -0.2) is 0 Å². The van der Waals surface area contributed by atoms with Gasteiger partial charge in [0, 0.05) is 4.47 Å². The van der Waals surface area contributed by atoms with E-state index in [9.17, 15) is 4.79 Å². The minimum atomic E-state index is -0.756. The van der Waals surface area contributed by atoms with Crippen molar-refractivity contribution in [2.45, 2.75) is 25.8 Å². The fourth-order valence-corrected chi connectivity index (χ4v) is 1.42. The molecule has 0 aliphatic heterocycles. The van der Waals surface area contributed by atoms with E-state index in [-0.39, 0.29) is 5.78 Å². The number of nitrogens with two attached hydrogens (primary N) is 1. The van der Waals surface area contributed by atoms with Crippen LogP contribution in [0.15, 0.2) is 28.7 Å². The van der Waals surface area contributed by atoms with Gasteiger partial charge in [-0.1, -0.05) is 28.1 Å². The third-order valence-electron chi connectivity index (χ3n) is 2.29. The van der Waals surface area contributed by atoms with Crippen molar-refractivity contribution < 1.29 is 4.79 Å². The molecule has 0 aliphatic carbocycles. The number of carbonyl (C=O) groups is 1. The molecule has 0 bridgehead atoms. The third kappa shape index (κ3) is 2.93. The Bertz CT molecular complexity index is 330. The Balaban J connectivity index is 2.79. The molecule has 76 valence electrons. The van der Waals surface area contributed by atoms with E-state index in [1.165, 1.54) is 6.92 Å². The molecule has 0 spiro atoms. The Hall–Kier alpha value is -0.670. The topological polar surface area (TPSA) is 43.1 Å². The van der Waals surface area contributed by atoms with Gasteiger partial charge in [0.1, 0.15) is 5.78 Å². The lowest BCUT2D eigenvalue weighted by molar-refractivity contribution is -0.121.